The van der Waals surface area contributed by atoms with E-state index in [2.05, 4.69) is 64.1 Å². The van der Waals surface area contributed by atoms with E-state index >= 15 is 0 Å². The third-order valence-electron chi connectivity index (χ3n) is 4.20. The zero-order valence-corrected chi connectivity index (χ0v) is 15.8. The molecular formula is C20H18N2S2. The van der Waals surface area contributed by atoms with Crippen LogP contribution in [0.2, 0.25) is 0 Å². The van der Waals surface area contributed by atoms with Gasteiger partial charge < -0.3 is 0 Å². The molecule has 0 unspecified atom stereocenters. The van der Waals surface area contributed by atoms with E-state index in [-0.39, 0.29) is 0 Å². The Morgan fingerprint density at radius 2 is 1.04 bits per heavy atom. The second-order valence-corrected chi connectivity index (χ2v) is 8.24. The summed E-state index contributed by atoms with van der Waals surface area (Å²) < 4.78 is 0. The van der Waals surface area contributed by atoms with Crippen LogP contribution in [-0.2, 0) is 0 Å². The minimum atomic E-state index is 1.03. The minimum absolute atomic E-state index is 1.03. The molecule has 0 bridgehead atoms. The Bertz CT molecular complexity index is 944. The van der Waals surface area contributed by atoms with Crippen LogP contribution in [0.15, 0.2) is 36.4 Å². The fourth-order valence-electron chi connectivity index (χ4n) is 2.98. The number of benzene rings is 2. The van der Waals surface area contributed by atoms with Crippen molar-refractivity contribution >= 4 is 32.3 Å². The van der Waals surface area contributed by atoms with Gasteiger partial charge in [0.15, 0.2) is 9.66 Å². The Morgan fingerprint density at radius 3 is 1.42 bits per heavy atom. The summed E-state index contributed by atoms with van der Waals surface area (Å²) in [7, 11) is 0. The Hall–Kier alpha value is -2.04. The molecule has 4 rings (SSSR count). The highest BCUT2D eigenvalue weighted by molar-refractivity contribution is 7.29. The van der Waals surface area contributed by atoms with Gasteiger partial charge in [-0.15, -0.1) is 0 Å². The van der Waals surface area contributed by atoms with Crippen LogP contribution in [0.1, 0.15) is 22.3 Å². The summed E-state index contributed by atoms with van der Waals surface area (Å²) in [5, 5.41) is 2.13. The van der Waals surface area contributed by atoms with E-state index in [1.165, 1.54) is 33.4 Å². The standard InChI is InChI=1S/C20H18N2S2/c1-11-5-7-15(13(3)9-11)17-21-19-20(23-17)22-18(24-19)16-8-6-12(2)10-14(16)4/h5-10H,1-4H3. The first-order valence-electron chi connectivity index (χ1n) is 7.94. The van der Waals surface area contributed by atoms with Gasteiger partial charge in [0.25, 0.3) is 0 Å². The van der Waals surface area contributed by atoms with Gasteiger partial charge in [0.05, 0.1) is 0 Å². The molecule has 2 aromatic carbocycles. The molecule has 4 aromatic rings. The van der Waals surface area contributed by atoms with E-state index < -0.39 is 0 Å². The average molecular weight is 351 g/mol. The molecule has 0 N–H and O–H groups in total. The topological polar surface area (TPSA) is 25.8 Å². The fraction of sp³-hybridized carbons (Fsp3) is 0.200. The SMILES string of the molecule is Cc1ccc(-c2nc3sc(-c4ccc(C)cc4C)nc3s2)c(C)c1. The van der Waals surface area contributed by atoms with Crippen LogP contribution in [0.5, 0.6) is 0 Å². The van der Waals surface area contributed by atoms with E-state index in [0.29, 0.717) is 0 Å². The lowest BCUT2D eigenvalue weighted by Gasteiger charge is -2.03. The van der Waals surface area contributed by atoms with Gasteiger partial charge in [-0.05, 0) is 38.8 Å². The smallest absolute Gasteiger partial charge is 0.155 e. The molecule has 0 radical (unpaired) electrons. The highest BCUT2D eigenvalue weighted by Crippen LogP contribution is 2.38. The van der Waals surface area contributed by atoms with Crippen LogP contribution >= 0.6 is 22.7 Å². The van der Waals surface area contributed by atoms with E-state index in [4.69, 9.17) is 9.97 Å². The van der Waals surface area contributed by atoms with Gasteiger partial charge in [-0.25, -0.2) is 9.97 Å². The van der Waals surface area contributed by atoms with Crippen LogP contribution in [0, 0.1) is 27.7 Å². The van der Waals surface area contributed by atoms with E-state index in [9.17, 15) is 0 Å². The van der Waals surface area contributed by atoms with Crippen molar-refractivity contribution < 1.29 is 0 Å². The van der Waals surface area contributed by atoms with Crippen LogP contribution in [0.3, 0.4) is 0 Å². The Labute approximate surface area is 149 Å². The second kappa shape index (κ2) is 5.80. The molecule has 0 amide bonds. The normalized spacial score (nSPS) is 11.3. The number of rotatable bonds is 2. The molecule has 0 saturated carbocycles. The van der Waals surface area contributed by atoms with Crippen LogP contribution in [-0.4, -0.2) is 9.97 Å². The molecule has 0 fully saturated rings. The summed E-state index contributed by atoms with van der Waals surface area (Å²) in [4.78, 5) is 11.7. The minimum Gasteiger partial charge on any atom is -0.223 e. The molecule has 24 heavy (non-hydrogen) atoms. The molecule has 4 heteroatoms. The van der Waals surface area contributed by atoms with Crippen LogP contribution in [0.25, 0.3) is 30.8 Å². The Morgan fingerprint density at radius 1 is 0.625 bits per heavy atom. The van der Waals surface area contributed by atoms with Crippen molar-refractivity contribution in [2.24, 2.45) is 0 Å². The Balaban J connectivity index is 1.78. The summed E-state index contributed by atoms with van der Waals surface area (Å²) in [5.41, 5.74) is 7.53. The van der Waals surface area contributed by atoms with Gasteiger partial charge in [-0.2, -0.15) is 0 Å². The van der Waals surface area contributed by atoms with Crippen molar-refractivity contribution in [3.05, 3.63) is 58.7 Å². The molecule has 2 nitrogen and oxygen atoms in total. The predicted molar refractivity (Wildman–Crippen MR) is 105 cm³/mol. The fourth-order valence-corrected chi connectivity index (χ4v) is 5.20. The lowest BCUT2D eigenvalue weighted by Crippen LogP contribution is -1.84. The van der Waals surface area contributed by atoms with Gasteiger partial charge in [-0.3, -0.25) is 0 Å². The van der Waals surface area contributed by atoms with E-state index in [1.54, 1.807) is 22.7 Å². The van der Waals surface area contributed by atoms with E-state index in [0.717, 1.165) is 19.7 Å². The summed E-state index contributed by atoms with van der Waals surface area (Å²) in [5.74, 6) is 0. The number of hydrogen-bond donors (Lipinski definition) is 0. The average Bonchev–Trinajstić information content (AvgIpc) is 3.05. The van der Waals surface area contributed by atoms with Crippen molar-refractivity contribution in [1.29, 1.82) is 0 Å². The molecular weight excluding hydrogens is 332 g/mol. The number of nitrogens with zero attached hydrogens (tertiary/aromatic N) is 2. The predicted octanol–water partition coefficient (Wildman–Crippen LogP) is 6.32. The molecule has 0 aliphatic heterocycles. The Kier molecular flexibility index (Phi) is 3.74. The second-order valence-electron chi connectivity index (χ2n) is 6.29. The lowest BCUT2D eigenvalue weighted by molar-refractivity contribution is 1.37. The van der Waals surface area contributed by atoms with Gasteiger partial charge >= 0.3 is 0 Å². The zero-order chi connectivity index (χ0) is 16.8. The van der Waals surface area contributed by atoms with Gasteiger partial charge in [0, 0.05) is 11.1 Å². The molecule has 0 aliphatic rings. The summed E-state index contributed by atoms with van der Waals surface area (Å²) in [6.07, 6.45) is 0. The van der Waals surface area contributed by atoms with Crippen molar-refractivity contribution in [1.82, 2.24) is 9.97 Å². The van der Waals surface area contributed by atoms with Crippen molar-refractivity contribution in [2.45, 2.75) is 27.7 Å². The maximum absolute atomic E-state index is 4.84. The zero-order valence-electron chi connectivity index (χ0n) is 14.2. The number of fused-ring (bicyclic) bond motifs is 1. The molecule has 2 aromatic heterocycles. The van der Waals surface area contributed by atoms with Gasteiger partial charge in [0.2, 0.25) is 0 Å². The molecule has 0 saturated heterocycles. The lowest BCUT2D eigenvalue weighted by atomic mass is 10.1. The first-order chi connectivity index (χ1) is 11.5. The maximum atomic E-state index is 4.84. The van der Waals surface area contributed by atoms with Crippen LogP contribution < -0.4 is 0 Å². The first kappa shape index (κ1) is 15.5. The molecule has 0 atom stereocenters. The number of aromatic nitrogens is 2. The molecule has 2 heterocycles. The third kappa shape index (κ3) is 2.66. The van der Waals surface area contributed by atoms with Crippen molar-refractivity contribution in [3.63, 3.8) is 0 Å². The van der Waals surface area contributed by atoms with Crippen LogP contribution in [0.4, 0.5) is 0 Å². The third-order valence-corrected chi connectivity index (χ3v) is 6.29. The molecule has 120 valence electrons. The highest BCUT2D eigenvalue weighted by atomic mass is 32.1. The number of aryl methyl sites for hydroxylation is 4. The number of thiazole rings is 2. The van der Waals surface area contributed by atoms with E-state index in [1.807, 2.05) is 0 Å². The van der Waals surface area contributed by atoms with Crippen molar-refractivity contribution in [2.75, 3.05) is 0 Å². The monoisotopic (exact) mass is 350 g/mol. The first-order valence-corrected chi connectivity index (χ1v) is 9.57. The van der Waals surface area contributed by atoms with Crippen molar-refractivity contribution in [3.8, 4) is 21.1 Å². The largest absolute Gasteiger partial charge is 0.223 e. The highest BCUT2D eigenvalue weighted by Gasteiger charge is 2.15. The summed E-state index contributed by atoms with van der Waals surface area (Å²) >= 11 is 3.37. The summed E-state index contributed by atoms with van der Waals surface area (Å²) in [6.45, 7) is 8.53. The summed E-state index contributed by atoms with van der Waals surface area (Å²) in [6, 6.07) is 13.0. The quantitative estimate of drug-likeness (QED) is 0.423. The van der Waals surface area contributed by atoms with Gasteiger partial charge in [0.1, 0.15) is 10.0 Å². The molecule has 0 spiro atoms. The molecule has 0 aliphatic carbocycles. The van der Waals surface area contributed by atoms with Gasteiger partial charge in [-0.1, -0.05) is 70.2 Å². The number of hydrogen-bond acceptors (Lipinski definition) is 4. The maximum Gasteiger partial charge on any atom is 0.155 e.